The molecule has 1 spiro atoms. The van der Waals surface area contributed by atoms with E-state index in [1.54, 1.807) is 36.3 Å². The second-order valence-electron chi connectivity index (χ2n) is 8.19. The Morgan fingerprint density at radius 2 is 1.85 bits per heavy atom. The molecule has 0 radical (unpaired) electrons. The third kappa shape index (κ3) is 3.51. The minimum atomic E-state index is -1.24. The van der Waals surface area contributed by atoms with Gasteiger partial charge in [0.1, 0.15) is 12.3 Å². The van der Waals surface area contributed by atoms with Gasteiger partial charge in [-0.25, -0.2) is 0 Å². The summed E-state index contributed by atoms with van der Waals surface area (Å²) in [7, 11) is 1.56. The van der Waals surface area contributed by atoms with Crippen LogP contribution in [0.1, 0.15) is 11.1 Å². The van der Waals surface area contributed by atoms with Gasteiger partial charge in [0.2, 0.25) is 16.7 Å². The van der Waals surface area contributed by atoms with Crippen molar-refractivity contribution in [3.63, 3.8) is 0 Å². The first kappa shape index (κ1) is 22.0. The number of ether oxygens (including phenoxy) is 1. The molecule has 8 heteroatoms. The SMILES string of the molecule is COc1cccc(NC(=O)CN2C(=O)[C@@]3(SCC(=O)N3c3cccc(C)c3)c3ccccc32)c1. The zero-order chi connectivity index (χ0) is 23.9. The zero-order valence-electron chi connectivity index (χ0n) is 18.8. The van der Waals surface area contributed by atoms with Crippen LogP contribution in [0.3, 0.4) is 0 Å². The summed E-state index contributed by atoms with van der Waals surface area (Å²) in [6.45, 7) is 1.77. The number of nitrogens with one attached hydrogen (secondary N) is 1. The van der Waals surface area contributed by atoms with Crippen molar-refractivity contribution in [2.45, 2.75) is 11.8 Å². The normalized spacial score (nSPS) is 19.0. The van der Waals surface area contributed by atoms with E-state index >= 15 is 0 Å². The van der Waals surface area contributed by atoms with E-state index in [1.807, 2.05) is 55.5 Å². The largest absolute Gasteiger partial charge is 0.497 e. The number of carbonyl (C=O) groups is 3. The summed E-state index contributed by atoms with van der Waals surface area (Å²) in [5.74, 6) is 0.0184. The Morgan fingerprint density at radius 3 is 2.65 bits per heavy atom. The number of methoxy groups -OCH3 is 1. The maximum atomic E-state index is 14.0. The summed E-state index contributed by atoms with van der Waals surface area (Å²) in [4.78, 5) is 41.9. The van der Waals surface area contributed by atoms with E-state index < -0.39 is 4.87 Å². The topological polar surface area (TPSA) is 79.0 Å². The fourth-order valence-electron chi connectivity index (χ4n) is 4.52. The van der Waals surface area contributed by atoms with Crippen LogP contribution < -0.4 is 19.9 Å². The number of carbonyl (C=O) groups excluding carboxylic acids is 3. The lowest BCUT2D eigenvalue weighted by molar-refractivity contribution is -0.124. The number of para-hydroxylation sites is 1. The molecule has 5 rings (SSSR count). The number of aryl methyl sites for hydroxylation is 1. The first-order valence-corrected chi connectivity index (χ1v) is 11.8. The van der Waals surface area contributed by atoms with Crippen molar-refractivity contribution in [2.75, 3.05) is 34.5 Å². The van der Waals surface area contributed by atoms with Crippen LogP contribution in [0.4, 0.5) is 17.1 Å². The van der Waals surface area contributed by atoms with Gasteiger partial charge in [-0.15, -0.1) is 11.8 Å². The monoisotopic (exact) mass is 473 g/mol. The molecule has 172 valence electrons. The number of amides is 3. The fraction of sp³-hybridized carbons (Fsp3) is 0.192. The molecule has 3 amide bonds. The maximum Gasteiger partial charge on any atom is 0.269 e. The maximum absolute atomic E-state index is 14.0. The average molecular weight is 474 g/mol. The number of benzene rings is 3. The Bertz CT molecular complexity index is 1310. The zero-order valence-corrected chi connectivity index (χ0v) is 19.6. The van der Waals surface area contributed by atoms with Crippen molar-refractivity contribution < 1.29 is 19.1 Å². The molecule has 2 aliphatic heterocycles. The summed E-state index contributed by atoms with van der Waals surface area (Å²) in [6, 6.07) is 22.0. The quantitative estimate of drug-likeness (QED) is 0.608. The van der Waals surface area contributed by atoms with Crippen molar-refractivity contribution in [3.8, 4) is 5.75 Å². The van der Waals surface area contributed by atoms with Gasteiger partial charge in [0.15, 0.2) is 0 Å². The minimum Gasteiger partial charge on any atom is -0.497 e. The number of fused-ring (bicyclic) bond motifs is 2. The summed E-state index contributed by atoms with van der Waals surface area (Å²) >= 11 is 1.30. The Hall–Kier alpha value is -3.78. The van der Waals surface area contributed by atoms with E-state index in [9.17, 15) is 14.4 Å². The standard InChI is InChI=1S/C26H23N3O4S/c1-17-7-5-9-19(13-17)29-24(31)16-34-26(29)21-11-3-4-12-22(21)28(25(26)32)15-23(30)27-18-8-6-10-20(14-18)33-2/h3-14H,15-16H2,1-2H3,(H,27,30)/t26-/m0/s1. The Labute approximate surface area is 201 Å². The molecular formula is C26H23N3O4S. The van der Waals surface area contributed by atoms with Gasteiger partial charge in [-0.05, 0) is 42.8 Å². The van der Waals surface area contributed by atoms with Crippen LogP contribution in [0.5, 0.6) is 5.75 Å². The van der Waals surface area contributed by atoms with Gasteiger partial charge < -0.3 is 10.1 Å². The lowest BCUT2D eigenvalue weighted by Crippen LogP contribution is -2.50. The molecule has 0 aromatic heterocycles. The minimum absolute atomic E-state index is 0.138. The molecule has 0 aliphatic carbocycles. The molecule has 1 N–H and O–H groups in total. The highest BCUT2D eigenvalue weighted by atomic mass is 32.2. The summed E-state index contributed by atoms with van der Waals surface area (Å²) in [6.07, 6.45) is 0. The van der Waals surface area contributed by atoms with E-state index in [1.165, 1.54) is 16.7 Å². The molecule has 3 aromatic rings. The number of hydrogen-bond acceptors (Lipinski definition) is 5. The van der Waals surface area contributed by atoms with E-state index in [4.69, 9.17) is 4.74 Å². The lowest BCUT2D eigenvalue weighted by atomic mass is 10.0. The van der Waals surface area contributed by atoms with Gasteiger partial charge >= 0.3 is 0 Å². The van der Waals surface area contributed by atoms with Gasteiger partial charge in [-0.3, -0.25) is 24.2 Å². The molecule has 1 atom stereocenters. The molecule has 0 unspecified atom stereocenters. The average Bonchev–Trinajstić information content (AvgIpc) is 3.30. The predicted molar refractivity (Wildman–Crippen MR) is 133 cm³/mol. The molecule has 1 saturated heterocycles. The number of thioether (sulfide) groups is 1. The van der Waals surface area contributed by atoms with Gasteiger partial charge in [-0.1, -0.05) is 36.4 Å². The Balaban J connectivity index is 1.50. The number of rotatable bonds is 5. The summed E-state index contributed by atoms with van der Waals surface area (Å²) < 4.78 is 5.21. The van der Waals surface area contributed by atoms with E-state index in [-0.39, 0.29) is 30.0 Å². The first-order valence-electron chi connectivity index (χ1n) is 10.8. The second kappa shape index (κ2) is 8.53. The fourth-order valence-corrected chi connectivity index (χ4v) is 5.88. The molecule has 0 bridgehead atoms. The van der Waals surface area contributed by atoms with Gasteiger partial charge in [0.05, 0.1) is 18.6 Å². The van der Waals surface area contributed by atoms with Crippen LogP contribution in [0.25, 0.3) is 0 Å². The van der Waals surface area contributed by atoms with Crippen LogP contribution in [-0.4, -0.2) is 37.1 Å². The van der Waals surface area contributed by atoms with Crippen molar-refractivity contribution in [3.05, 3.63) is 83.9 Å². The van der Waals surface area contributed by atoms with E-state index in [2.05, 4.69) is 5.32 Å². The lowest BCUT2D eigenvalue weighted by Gasteiger charge is -2.33. The predicted octanol–water partition coefficient (Wildman–Crippen LogP) is 3.92. The smallest absolute Gasteiger partial charge is 0.269 e. The number of hydrogen-bond donors (Lipinski definition) is 1. The highest BCUT2D eigenvalue weighted by molar-refractivity contribution is 8.02. The van der Waals surface area contributed by atoms with Crippen molar-refractivity contribution in [2.24, 2.45) is 0 Å². The molecule has 2 heterocycles. The van der Waals surface area contributed by atoms with Crippen LogP contribution in [-0.2, 0) is 19.3 Å². The summed E-state index contributed by atoms with van der Waals surface area (Å²) in [5, 5.41) is 2.83. The third-order valence-electron chi connectivity index (χ3n) is 5.98. The van der Waals surface area contributed by atoms with Crippen LogP contribution in [0.2, 0.25) is 0 Å². The van der Waals surface area contributed by atoms with Gasteiger partial charge in [0.25, 0.3) is 5.91 Å². The van der Waals surface area contributed by atoms with Gasteiger partial charge in [0, 0.05) is 23.0 Å². The summed E-state index contributed by atoms with van der Waals surface area (Å²) in [5.41, 5.74) is 3.58. The van der Waals surface area contributed by atoms with E-state index in [0.717, 1.165) is 5.56 Å². The van der Waals surface area contributed by atoms with Crippen LogP contribution in [0.15, 0.2) is 72.8 Å². The second-order valence-corrected chi connectivity index (χ2v) is 9.36. The van der Waals surface area contributed by atoms with Crippen LogP contribution >= 0.6 is 11.8 Å². The molecule has 1 fully saturated rings. The highest BCUT2D eigenvalue weighted by Gasteiger charge is 2.61. The molecule has 0 saturated carbocycles. The van der Waals surface area contributed by atoms with E-state index in [0.29, 0.717) is 28.4 Å². The first-order chi connectivity index (χ1) is 16.4. The van der Waals surface area contributed by atoms with Crippen molar-refractivity contribution in [1.82, 2.24) is 0 Å². The molecule has 34 heavy (non-hydrogen) atoms. The molecular weight excluding hydrogens is 450 g/mol. The number of anilines is 3. The number of nitrogens with zero attached hydrogens (tertiary/aromatic N) is 2. The Morgan fingerprint density at radius 1 is 1.06 bits per heavy atom. The van der Waals surface area contributed by atoms with Crippen molar-refractivity contribution >= 4 is 46.5 Å². The Kier molecular flexibility index (Phi) is 5.53. The molecule has 7 nitrogen and oxygen atoms in total. The third-order valence-corrected chi connectivity index (χ3v) is 7.37. The highest BCUT2D eigenvalue weighted by Crippen LogP contribution is 2.55. The van der Waals surface area contributed by atoms with Crippen LogP contribution in [0, 0.1) is 6.92 Å². The van der Waals surface area contributed by atoms with Crippen molar-refractivity contribution in [1.29, 1.82) is 0 Å². The van der Waals surface area contributed by atoms with Gasteiger partial charge in [-0.2, -0.15) is 0 Å². The molecule has 2 aliphatic rings. The molecule has 3 aromatic carbocycles.